The first kappa shape index (κ1) is 23.5. The van der Waals surface area contributed by atoms with Crippen molar-refractivity contribution < 1.29 is 24.2 Å². The number of nitrogens with zero attached hydrogens (tertiary/aromatic N) is 2. The molecule has 1 aliphatic rings. The summed E-state index contributed by atoms with van der Waals surface area (Å²) in [5, 5.41) is 11.2. The molecule has 1 atom stereocenters. The van der Waals surface area contributed by atoms with E-state index in [1.807, 2.05) is 13.0 Å². The van der Waals surface area contributed by atoms with Gasteiger partial charge in [0.15, 0.2) is 0 Å². The van der Waals surface area contributed by atoms with Gasteiger partial charge in [0, 0.05) is 38.2 Å². The Morgan fingerprint density at radius 2 is 1.91 bits per heavy atom. The summed E-state index contributed by atoms with van der Waals surface area (Å²) in [6.45, 7) is 7.36. The average Bonchev–Trinajstić information content (AvgIpc) is 3.03. The largest absolute Gasteiger partial charge is 0.507 e. The minimum Gasteiger partial charge on any atom is -0.507 e. The van der Waals surface area contributed by atoms with Crippen molar-refractivity contribution in [2.45, 2.75) is 33.2 Å². The van der Waals surface area contributed by atoms with Crippen LogP contribution in [-0.4, -0.2) is 53.5 Å². The van der Waals surface area contributed by atoms with Gasteiger partial charge in [-0.2, -0.15) is 0 Å². The number of Topliss-reactive ketones (excluding diaryl/α,β-unsaturated/α-hetero) is 1. The molecule has 1 aromatic carbocycles. The zero-order valence-corrected chi connectivity index (χ0v) is 19.0. The summed E-state index contributed by atoms with van der Waals surface area (Å²) in [6, 6.07) is 8.13. The Balaban J connectivity index is 2.04. The molecule has 1 aliphatic heterocycles. The summed E-state index contributed by atoms with van der Waals surface area (Å²) in [4.78, 5) is 31.4. The summed E-state index contributed by atoms with van der Waals surface area (Å²) >= 11 is 0. The molecule has 0 bridgehead atoms. The van der Waals surface area contributed by atoms with Gasteiger partial charge in [-0.25, -0.2) is 0 Å². The van der Waals surface area contributed by atoms with Crippen molar-refractivity contribution in [3.63, 3.8) is 0 Å². The zero-order chi connectivity index (χ0) is 23.3. The number of rotatable bonds is 9. The predicted octanol–water partition coefficient (Wildman–Crippen LogP) is 3.88. The van der Waals surface area contributed by atoms with E-state index in [1.54, 1.807) is 43.8 Å². The maximum absolute atomic E-state index is 13.0. The van der Waals surface area contributed by atoms with Crippen molar-refractivity contribution >= 4 is 17.4 Å². The molecule has 0 saturated carbocycles. The molecule has 1 amide bonds. The SMILES string of the molecule is COCCCN1C(=O)C(=O)/C(=C(/O)c2ccc(OCC(C)C)cc2C)[C@H]1c1ccncc1. The second-order valence-electron chi connectivity index (χ2n) is 8.30. The lowest BCUT2D eigenvalue weighted by Crippen LogP contribution is -2.31. The molecule has 0 aliphatic carbocycles. The molecular weight excluding hydrogens is 408 g/mol. The Hall–Kier alpha value is -3.19. The average molecular weight is 439 g/mol. The minimum atomic E-state index is -0.693. The standard InChI is InChI=1S/C25H30N2O5/c1-16(2)15-32-19-6-7-20(17(3)14-19)23(28)21-22(18-8-10-26-11-9-18)27(12-5-13-31-4)25(30)24(21)29/h6-11,14,16,22,28H,5,12-13,15H2,1-4H3/b23-21+/t22-/m1/s1. The quantitative estimate of drug-likeness (QED) is 0.277. The summed E-state index contributed by atoms with van der Waals surface area (Å²) in [5.41, 5.74) is 2.05. The fraction of sp³-hybridized carbons (Fsp3) is 0.400. The number of likely N-dealkylation sites (tertiary alicyclic amines) is 1. The van der Waals surface area contributed by atoms with Crippen LogP contribution < -0.4 is 4.74 Å². The van der Waals surface area contributed by atoms with Gasteiger partial charge in [-0.05, 0) is 60.7 Å². The highest BCUT2D eigenvalue weighted by Crippen LogP contribution is 2.40. The van der Waals surface area contributed by atoms with E-state index in [9.17, 15) is 14.7 Å². The van der Waals surface area contributed by atoms with Gasteiger partial charge in [-0.3, -0.25) is 14.6 Å². The second kappa shape index (κ2) is 10.4. The van der Waals surface area contributed by atoms with Gasteiger partial charge in [-0.15, -0.1) is 0 Å². The highest BCUT2D eigenvalue weighted by Gasteiger charge is 2.45. The van der Waals surface area contributed by atoms with E-state index in [4.69, 9.17) is 9.47 Å². The predicted molar refractivity (Wildman–Crippen MR) is 121 cm³/mol. The molecular formula is C25H30N2O5. The number of benzene rings is 1. The molecule has 170 valence electrons. The van der Waals surface area contributed by atoms with E-state index in [-0.39, 0.29) is 11.3 Å². The fourth-order valence-electron chi connectivity index (χ4n) is 3.78. The van der Waals surface area contributed by atoms with Crippen LogP contribution in [0.15, 0.2) is 48.3 Å². The highest BCUT2D eigenvalue weighted by atomic mass is 16.5. The number of aromatic nitrogens is 1. The Labute approximate surface area is 188 Å². The number of ketones is 1. The molecule has 1 fully saturated rings. The van der Waals surface area contributed by atoms with Crippen molar-refractivity contribution in [2.75, 3.05) is 26.9 Å². The number of aliphatic hydroxyl groups excluding tert-OH is 1. The van der Waals surface area contributed by atoms with Crippen molar-refractivity contribution in [3.8, 4) is 5.75 Å². The van der Waals surface area contributed by atoms with Crippen molar-refractivity contribution in [1.82, 2.24) is 9.88 Å². The fourth-order valence-corrected chi connectivity index (χ4v) is 3.78. The third-order valence-corrected chi connectivity index (χ3v) is 5.35. The van der Waals surface area contributed by atoms with E-state index in [0.717, 1.165) is 5.56 Å². The van der Waals surface area contributed by atoms with Crippen LogP contribution in [0.25, 0.3) is 5.76 Å². The van der Waals surface area contributed by atoms with Gasteiger partial charge < -0.3 is 19.5 Å². The smallest absolute Gasteiger partial charge is 0.295 e. The van der Waals surface area contributed by atoms with E-state index < -0.39 is 17.7 Å². The molecule has 0 radical (unpaired) electrons. The van der Waals surface area contributed by atoms with E-state index in [1.165, 1.54) is 4.90 Å². The van der Waals surface area contributed by atoms with Gasteiger partial charge >= 0.3 is 0 Å². The Morgan fingerprint density at radius 1 is 1.19 bits per heavy atom. The molecule has 7 nitrogen and oxygen atoms in total. The molecule has 2 aromatic rings. The molecule has 0 unspecified atom stereocenters. The minimum absolute atomic E-state index is 0.0811. The van der Waals surface area contributed by atoms with Gasteiger partial charge in [0.1, 0.15) is 11.5 Å². The third kappa shape index (κ3) is 4.99. The van der Waals surface area contributed by atoms with Crippen LogP contribution in [-0.2, 0) is 14.3 Å². The van der Waals surface area contributed by atoms with Crippen LogP contribution in [0.5, 0.6) is 5.75 Å². The van der Waals surface area contributed by atoms with Gasteiger partial charge in [0.25, 0.3) is 11.7 Å². The number of ether oxygens (including phenoxy) is 2. The summed E-state index contributed by atoms with van der Waals surface area (Å²) < 4.78 is 10.9. The number of amides is 1. The normalized spacial score (nSPS) is 17.9. The summed E-state index contributed by atoms with van der Waals surface area (Å²) in [6.07, 6.45) is 3.79. The van der Waals surface area contributed by atoms with E-state index in [0.29, 0.717) is 49.0 Å². The maximum atomic E-state index is 13.0. The number of hydrogen-bond acceptors (Lipinski definition) is 6. The van der Waals surface area contributed by atoms with Crippen molar-refractivity contribution in [2.24, 2.45) is 5.92 Å². The van der Waals surface area contributed by atoms with Gasteiger partial charge in [0.2, 0.25) is 0 Å². The number of carbonyl (C=O) groups excluding carboxylic acids is 2. The number of aliphatic hydroxyl groups is 1. The molecule has 32 heavy (non-hydrogen) atoms. The van der Waals surface area contributed by atoms with Crippen molar-refractivity contribution in [3.05, 3.63) is 65.0 Å². The van der Waals surface area contributed by atoms with Gasteiger partial charge in [0.05, 0.1) is 18.2 Å². The lowest BCUT2D eigenvalue weighted by molar-refractivity contribution is -0.140. The van der Waals surface area contributed by atoms with Crippen molar-refractivity contribution in [1.29, 1.82) is 0 Å². The van der Waals surface area contributed by atoms with Gasteiger partial charge in [-0.1, -0.05) is 13.8 Å². The van der Waals surface area contributed by atoms with E-state index >= 15 is 0 Å². The second-order valence-corrected chi connectivity index (χ2v) is 8.30. The lowest BCUT2D eigenvalue weighted by atomic mass is 9.94. The number of aryl methyl sites for hydroxylation is 1. The molecule has 1 N–H and O–H groups in total. The molecule has 7 heteroatoms. The molecule has 3 rings (SSSR count). The summed E-state index contributed by atoms with van der Waals surface area (Å²) in [5.74, 6) is -0.427. The maximum Gasteiger partial charge on any atom is 0.295 e. The third-order valence-electron chi connectivity index (χ3n) is 5.35. The Morgan fingerprint density at radius 3 is 2.53 bits per heavy atom. The first-order chi connectivity index (χ1) is 15.3. The van der Waals surface area contributed by atoms with Crippen LogP contribution in [0.1, 0.15) is 43.0 Å². The molecule has 2 heterocycles. The summed E-state index contributed by atoms with van der Waals surface area (Å²) in [7, 11) is 1.59. The van der Waals surface area contributed by atoms with Crippen LogP contribution in [0.4, 0.5) is 0 Å². The van der Waals surface area contributed by atoms with E-state index in [2.05, 4.69) is 18.8 Å². The van der Waals surface area contributed by atoms with Crippen LogP contribution >= 0.6 is 0 Å². The van der Waals surface area contributed by atoms with Crippen LogP contribution in [0.3, 0.4) is 0 Å². The monoisotopic (exact) mass is 438 g/mol. The number of carbonyl (C=O) groups is 2. The van der Waals surface area contributed by atoms with Crippen LogP contribution in [0, 0.1) is 12.8 Å². The molecule has 1 aromatic heterocycles. The topological polar surface area (TPSA) is 89.0 Å². The molecule has 0 spiro atoms. The Kier molecular flexibility index (Phi) is 7.64. The zero-order valence-electron chi connectivity index (χ0n) is 19.0. The highest BCUT2D eigenvalue weighted by molar-refractivity contribution is 6.46. The number of methoxy groups -OCH3 is 1. The number of pyridine rings is 1. The Bertz CT molecular complexity index is 1000. The van der Waals surface area contributed by atoms with Crippen LogP contribution in [0.2, 0.25) is 0 Å². The lowest BCUT2D eigenvalue weighted by Gasteiger charge is -2.25. The first-order valence-electron chi connectivity index (χ1n) is 10.8. The molecule has 1 saturated heterocycles. The number of hydrogen-bond donors (Lipinski definition) is 1. The first-order valence-corrected chi connectivity index (χ1v) is 10.8.